The molecule has 3 rings (SSSR count). The SMILES string of the molecule is CCC1CN(c2ccc(C#N)c3ccccc23)CCS1. The number of thioether (sulfide) groups is 1. The van der Waals surface area contributed by atoms with E-state index >= 15 is 0 Å². The molecule has 20 heavy (non-hydrogen) atoms. The summed E-state index contributed by atoms with van der Waals surface area (Å²) in [5.74, 6) is 1.19. The maximum atomic E-state index is 9.25. The number of anilines is 1. The lowest BCUT2D eigenvalue weighted by Crippen LogP contribution is -2.37. The third-order valence-electron chi connectivity index (χ3n) is 3.96. The minimum Gasteiger partial charge on any atom is -0.369 e. The molecule has 1 saturated heterocycles. The minimum atomic E-state index is 0.721. The van der Waals surface area contributed by atoms with Crippen LogP contribution in [0.2, 0.25) is 0 Å². The van der Waals surface area contributed by atoms with Crippen LogP contribution < -0.4 is 4.90 Å². The summed E-state index contributed by atoms with van der Waals surface area (Å²) in [5.41, 5.74) is 2.04. The number of hydrogen-bond donors (Lipinski definition) is 0. The van der Waals surface area contributed by atoms with Gasteiger partial charge in [-0.25, -0.2) is 0 Å². The lowest BCUT2D eigenvalue weighted by atomic mass is 10.0. The largest absolute Gasteiger partial charge is 0.369 e. The summed E-state index contributed by atoms with van der Waals surface area (Å²) in [7, 11) is 0. The summed E-state index contributed by atoms with van der Waals surface area (Å²) >= 11 is 2.08. The van der Waals surface area contributed by atoms with Crippen molar-refractivity contribution in [2.24, 2.45) is 0 Å². The van der Waals surface area contributed by atoms with Crippen LogP contribution in [0.15, 0.2) is 36.4 Å². The van der Waals surface area contributed by atoms with Crippen molar-refractivity contribution in [1.82, 2.24) is 0 Å². The maximum absolute atomic E-state index is 9.25. The molecule has 1 unspecified atom stereocenters. The van der Waals surface area contributed by atoms with Crippen LogP contribution in [0.4, 0.5) is 5.69 Å². The van der Waals surface area contributed by atoms with E-state index in [1.54, 1.807) is 0 Å². The van der Waals surface area contributed by atoms with Gasteiger partial charge in [0, 0.05) is 40.6 Å². The van der Waals surface area contributed by atoms with E-state index in [2.05, 4.69) is 47.9 Å². The Morgan fingerprint density at radius 3 is 2.80 bits per heavy atom. The number of hydrogen-bond acceptors (Lipinski definition) is 3. The molecule has 0 aromatic heterocycles. The van der Waals surface area contributed by atoms with Crippen molar-refractivity contribution in [2.45, 2.75) is 18.6 Å². The number of rotatable bonds is 2. The molecule has 2 nitrogen and oxygen atoms in total. The highest BCUT2D eigenvalue weighted by molar-refractivity contribution is 8.00. The Morgan fingerprint density at radius 1 is 1.25 bits per heavy atom. The van der Waals surface area contributed by atoms with E-state index in [-0.39, 0.29) is 0 Å². The van der Waals surface area contributed by atoms with Crippen LogP contribution >= 0.6 is 11.8 Å². The topological polar surface area (TPSA) is 27.0 Å². The van der Waals surface area contributed by atoms with Gasteiger partial charge in [0.15, 0.2) is 0 Å². The third kappa shape index (κ3) is 2.36. The zero-order valence-corrected chi connectivity index (χ0v) is 12.5. The van der Waals surface area contributed by atoms with Gasteiger partial charge in [0.1, 0.15) is 0 Å². The lowest BCUT2D eigenvalue weighted by Gasteiger charge is -2.34. The van der Waals surface area contributed by atoms with Crippen molar-refractivity contribution >= 4 is 28.2 Å². The molecule has 0 radical (unpaired) electrons. The third-order valence-corrected chi connectivity index (χ3v) is 5.33. The Labute approximate surface area is 124 Å². The van der Waals surface area contributed by atoms with Gasteiger partial charge in [-0.2, -0.15) is 17.0 Å². The van der Waals surface area contributed by atoms with Gasteiger partial charge in [-0.05, 0) is 18.6 Å². The number of nitriles is 1. The van der Waals surface area contributed by atoms with Crippen molar-refractivity contribution < 1.29 is 0 Å². The van der Waals surface area contributed by atoms with E-state index in [0.717, 1.165) is 29.3 Å². The first-order chi connectivity index (χ1) is 9.83. The van der Waals surface area contributed by atoms with Crippen LogP contribution in [-0.2, 0) is 0 Å². The molecule has 0 aliphatic carbocycles. The van der Waals surface area contributed by atoms with Crippen LogP contribution in [0, 0.1) is 11.3 Å². The smallest absolute Gasteiger partial charge is 0.0998 e. The Balaban J connectivity index is 2.06. The van der Waals surface area contributed by atoms with E-state index in [0.29, 0.717) is 0 Å². The maximum Gasteiger partial charge on any atom is 0.0998 e. The van der Waals surface area contributed by atoms with Crippen LogP contribution in [-0.4, -0.2) is 24.1 Å². The molecular formula is C17H18N2S. The van der Waals surface area contributed by atoms with Crippen LogP contribution in [0.5, 0.6) is 0 Å². The molecule has 1 aliphatic rings. The van der Waals surface area contributed by atoms with Crippen molar-refractivity contribution in [3.63, 3.8) is 0 Å². The van der Waals surface area contributed by atoms with Crippen LogP contribution in [0.25, 0.3) is 10.8 Å². The van der Waals surface area contributed by atoms with Gasteiger partial charge in [-0.3, -0.25) is 0 Å². The molecule has 1 aliphatic heterocycles. The fraction of sp³-hybridized carbons (Fsp3) is 0.353. The van der Waals surface area contributed by atoms with E-state index in [1.165, 1.54) is 23.2 Å². The van der Waals surface area contributed by atoms with Crippen molar-refractivity contribution in [3.05, 3.63) is 42.0 Å². The van der Waals surface area contributed by atoms with Gasteiger partial charge < -0.3 is 4.90 Å². The normalized spacial score (nSPS) is 19.0. The summed E-state index contributed by atoms with van der Waals surface area (Å²) in [6.07, 6.45) is 1.22. The molecule has 3 heteroatoms. The van der Waals surface area contributed by atoms with Gasteiger partial charge >= 0.3 is 0 Å². The van der Waals surface area contributed by atoms with E-state index in [1.807, 2.05) is 18.2 Å². The highest BCUT2D eigenvalue weighted by atomic mass is 32.2. The predicted octanol–water partition coefficient (Wildman–Crippen LogP) is 4.04. The minimum absolute atomic E-state index is 0.721. The standard InChI is InChI=1S/C17H18N2S/c1-2-14-12-19(9-10-20-14)17-8-7-13(11-18)15-5-3-4-6-16(15)17/h3-8,14H,2,9-10,12H2,1H3. The highest BCUT2D eigenvalue weighted by Crippen LogP contribution is 2.32. The van der Waals surface area contributed by atoms with Gasteiger partial charge in [-0.1, -0.05) is 31.2 Å². The summed E-state index contributed by atoms with van der Waals surface area (Å²) in [4.78, 5) is 2.48. The molecular weight excluding hydrogens is 264 g/mol. The second kappa shape index (κ2) is 5.76. The monoisotopic (exact) mass is 282 g/mol. The quantitative estimate of drug-likeness (QED) is 0.831. The summed E-state index contributed by atoms with van der Waals surface area (Å²) in [6, 6.07) is 14.6. The molecule has 1 heterocycles. The summed E-state index contributed by atoms with van der Waals surface area (Å²) in [5, 5.41) is 12.2. The zero-order chi connectivity index (χ0) is 13.9. The number of benzene rings is 2. The summed E-state index contributed by atoms with van der Waals surface area (Å²) in [6.45, 7) is 4.46. The fourth-order valence-electron chi connectivity index (χ4n) is 2.84. The average Bonchev–Trinajstić information content (AvgIpc) is 2.54. The van der Waals surface area contributed by atoms with Crippen molar-refractivity contribution in [2.75, 3.05) is 23.7 Å². The molecule has 2 aromatic carbocycles. The van der Waals surface area contributed by atoms with Gasteiger partial charge in [-0.15, -0.1) is 0 Å². The summed E-state index contributed by atoms with van der Waals surface area (Å²) < 4.78 is 0. The molecule has 0 spiro atoms. The van der Waals surface area contributed by atoms with Crippen molar-refractivity contribution in [3.8, 4) is 6.07 Å². The van der Waals surface area contributed by atoms with Crippen LogP contribution in [0.3, 0.4) is 0 Å². The Bertz CT molecular complexity index is 660. The highest BCUT2D eigenvalue weighted by Gasteiger charge is 2.20. The zero-order valence-electron chi connectivity index (χ0n) is 11.7. The van der Waals surface area contributed by atoms with E-state index in [4.69, 9.17) is 0 Å². The Hall–Kier alpha value is -1.66. The molecule has 2 aromatic rings. The van der Waals surface area contributed by atoms with E-state index in [9.17, 15) is 5.26 Å². The van der Waals surface area contributed by atoms with Gasteiger partial charge in [0.05, 0.1) is 11.6 Å². The lowest BCUT2D eigenvalue weighted by molar-refractivity contribution is 0.730. The molecule has 0 saturated carbocycles. The van der Waals surface area contributed by atoms with Gasteiger partial charge in [0.2, 0.25) is 0 Å². The second-order valence-corrected chi connectivity index (χ2v) is 6.54. The first-order valence-electron chi connectivity index (χ1n) is 7.12. The molecule has 1 atom stereocenters. The van der Waals surface area contributed by atoms with Gasteiger partial charge in [0.25, 0.3) is 0 Å². The second-order valence-electron chi connectivity index (χ2n) is 5.14. The molecule has 0 N–H and O–H groups in total. The molecule has 1 fully saturated rings. The van der Waals surface area contributed by atoms with E-state index < -0.39 is 0 Å². The molecule has 0 amide bonds. The Morgan fingerprint density at radius 2 is 2.05 bits per heavy atom. The average molecular weight is 282 g/mol. The van der Waals surface area contributed by atoms with Crippen LogP contribution in [0.1, 0.15) is 18.9 Å². The molecule has 0 bridgehead atoms. The predicted molar refractivity (Wildman–Crippen MR) is 87.4 cm³/mol. The molecule has 102 valence electrons. The first kappa shape index (κ1) is 13.3. The number of fused-ring (bicyclic) bond motifs is 1. The number of nitrogens with zero attached hydrogens (tertiary/aromatic N) is 2. The Kier molecular flexibility index (Phi) is 3.84. The first-order valence-corrected chi connectivity index (χ1v) is 8.16. The van der Waals surface area contributed by atoms with Crippen molar-refractivity contribution in [1.29, 1.82) is 5.26 Å². The fourth-order valence-corrected chi connectivity index (χ4v) is 4.02.